The molecule has 1 atom stereocenters. The van der Waals surface area contributed by atoms with Gasteiger partial charge >= 0.3 is 0 Å². The van der Waals surface area contributed by atoms with Crippen LogP contribution in [0, 0.1) is 0 Å². The van der Waals surface area contributed by atoms with Crippen molar-refractivity contribution in [2.45, 2.75) is 32.4 Å². The van der Waals surface area contributed by atoms with Crippen molar-refractivity contribution < 1.29 is 4.74 Å². The van der Waals surface area contributed by atoms with Crippen LogP contribution in [0.2, 0.25) is 0 Å². The van der Waals surface area contributed by atoms with Crippen molar-refractivity contribution >= 4 is 15.9 Å². The summed E-state index contributed by atoms with van der Waals surface area (Å²) < 4.78 is 5.20. The zero-order chi connectivity index (χ0) is 11.8. The minimum atomic E-state index is 0.588. The second-order valence-electron chi connectivity index (χ2n) is 3.82. The lowest BCUT2D eigenvalue weighted by molar-refractivity contribution is 0.413. The van der Waals surface area contributed by atoms with Gasteiger partial charge in [-0.3, -0.25) is 0 Å². The van der Waals surface area contributed by atoms with Crippen LogP contribution < -0.4 is 10.1 Å². The highest BCUT2D eigenvalue weighted by Gasteiger charge is 2.04. The molecule has 0 saturated carbocycles. The second kappa shape index (κ2) is 7.69. The maximum absolute atomic E-state index is 5.20. The van der Waals surface area contributed by atoms with E-state index in [9.17, 15) is 0 Å². The Morgan fingerprint density at radius 1 is 1.44 bits per heavy atom. The van der Waals surface area contributed by atoms with E-state index in [0.29, 0.717) is 6.04 Å². The number of rotatable bonds is 7. The molecule has 0 aliphatic carbocycles. The topological polar surface area (TPSA) is 21.3 Å². The van der Waals surface area contributed by atoms with Gasteiger partial charge in [-0.05, 0) is 30.5 Å². The van der Waals surface area contributed by atoms with Crippen LogP contribution in [0.3, 0.4) is 0 Å². The first kappa shape index (κ1) is 13.5. The van der Waals surface area contributed by atoms with Gasteiger partial charge in [-0.2, -0.15) is 0 Å². The van der Waals surface area contributed by atoms with Crippen LogP contribution in [0.25, 0.3) is 0 Å². The first-order valence-corrected chi connectivity index (χ1v) is 6.84. The molecule has 1 unspecified atom stereocenters. The number of alkyl halides is 1. The van der Waals surface area contributed by atoms with E-state index < -0.39 is 0 Å². The zero-order valence-corrected chi connectivity index (χ0v) is 11.6. The predicted octanol–water partition coefficient (Wildman–Crippen LogP) is 3.35. The molecule has 1 rings (SSSR count). The molecule has 90 valence electrons. The zero-order valence-electron chi connectivity index (χ0n) is 10.0. The highest BCUT2D eigenvalue weighted by Crippen LogP contribution is 2.12. The molecule has 0 fully saturated rings. The molecule has 0 heterocycles. The Labute approximate surface area is 107 Å². The molecule has 1 aromatic carbocycles. The van der Waals surface area contributed by atoms with E-state index >= 15 is 0 Å². The smallest absolute Gasteiger partial charge is 0.119 e. The van der Waals surface area contributed by atoms with E-state index in [1.165, 1.54) is 12.0 Å². The van der Waals surface area contributed by atoms with Gasteiger partial charge in [0.05, 0.1) is 7.11 Å². The van der Waals surface area contributed by atoms with Crippen molar-refractivity contribution in [3.05, 3.63) is 29.8 Å². The molecule has 0 radical (unpaired) electrons. The van der Waals surface area contributed by atoms with Gasteiger partial charge in [0.25, 0.3) is 0 Å². The highest BCUT2D eigenvalue weighted by atomic mass is 79.9. The molecule has 0 spiro atoms. The summed E-state index contributed by atoms with van der Waals surface area (Å²) in [6.45, 7) is 3.12. The Kier molecular flexibility index (Phi) is 6.50. The average Bonchev–Trinajstić information content (AvgIpc) is 2.34. The summed E-state index contributed by atoms with van der Waals surface area (Å²) in [6, 6.07) is 8.79. The first-order valence-electron chi connectivity index (χ1n) is 5.72. The number of nitrogens with one attached hydrogen (secondary N) is 1. The minimum Gasteiger partial charge on any atom is -0.497 e. The lowest BCUT2D eigenvalue weighted by Gasteiger charge is -2.15. The summed E-state index contributed by atoms with van der Waals surface area (Å²) in [5.41, 5.74) is 1.27. The molecular formula is C13H20BrNO. The van der Waals surface area contributed by atoms with Gasteiger partial charge in [0, 0.05) is 17.9 Å². The molecule has 3 heteroatoms. The van der Waals surface area contributed by atoms with Crippen LogP contribution in [0.5, 0.6) is 5.75 Å². The number of hydrogen-bond acceptors (Lipinski definition) is 2. The third kappa shape index (κ3) is 4.54. The van der Waals surface area contributed by atoms with Crippen molar-refractivity contribution in [3.8, 4) is 5.75 Å². The van der Waals surface area contributed by atoms with Crippen molar-refractivity contribution in [2.24, 2.45) is 0 Å². The SMILES string of the molecule is CCC(CCBr)NCc1cccc(OC)c1. The van der Waals surface area contributed by atoms with E-state index in [1.807, 2.05) is 12.1 Å². The maximum atomic E-state index is 5.20. The third-order valence-corrected chi connectivity index (χ3v) is 3.14. The van der Waals surface area contributed by atoms with Gasteiger partial charge in [0.1, 0.15) is 5.75 Å². The molecule has 0 aliphatic heterocycles. The van der Waals surface area contributed by atoms with E-state index in [0.717, 1.165) is 24.0 Å². The van der Waals surface area contributed by atoms with Crippen LogP contribution in [-0.4, -0.2) is 18.5 Å². The molecular weight excluding hydrogens is 266 g/mol. The van der Waals surface area contributed by atoms with Gasteiger partial charge in [0.15, 0.2) is 0 Å². The lowest BCUT2D eigenvalue weighted by atomic mass is 10.1. The Bertz CT molecular complexity index is 304. The van der Waals surface area contributed by atoms with E-state index in [-0.39, 0.29) is 0 Å². The largest absolute Gasteiger partial charge is 0.497 e. The summed E-state index contributed by atoms with van der Waals surface area (Å²) in [4.78, 5) is 0. The molecule has 1 N–H and O–H groups in total. The molecule has 0 aromatic heterocycles. The molecule has 0 bridgehead atoms. The van der Waals surface area contributed by atoms with Gasteiger partial charge in [0.2, 0.25) is 0 Å². The standard InChI is InChI=1S/C13H20BrNO/c1-3-12(7-8-14)15-10-11-5-4-6-13(9-11)16-2/h4-6,9,12,15H,3,7-8,10H2,1-2H3. The molecule has 16 heavy (non-hydrogen) atoms. The Hall–Kier alpha value is -0.540. The summed E-state index contributed by atoms with van der Waals surface area (Å²) in [6.07, 6.45) is 2.33. The molecule has 1 aromatic rings. The van der Waals surface area contributed by atoms with Gasteiger partial charge in [-0.1, -0.05) is 35.0 Å². The summed E-state index contributed by atoms with van der Waals surface area (Å²) in [7, 11) is 1.70. The fraction of sp³-hybridized carbons (Fsp3) is 0.538. The normalized spacial score (nSPS) is 12.4. The minimum absolute atomic E-state index is 0.588. The van der Waals surface area contributed by atoms with E-state index in [4.69, 9.17) is 4.74 Å². The highest BCUT2D eigenvalue weighted by molar-refractivity contribution is 9.09. The fourth-order valence-corrected chi connectivity index (χ4v) is 2.18. The van der Waals surface area contributed by atoms with Gasteiger partial charge < -0.3 is 10.1 Å². The van der Waals surface area contributed by atoms with Gasteiger partial charge in [-0.15, -0.1) is 0 Å². The lowest BCUT2D eigenvalue weighted by Crippen LogP contribution is -2.28. The summed E-state index contributed by atoms with van der Waals surface area (Å²) in [5.74, 6) is 0.924. The van der Waals surface area contributed by atoms with Crippen LogP contribution in [-0.2, 0) is 6.54 Å². The van der Waals surface area contributed by atoms with Crippen LogP contribution in [0.4, 0.5) is 0 Å². The van der Waals surface area contributed by atoms with Gasteiger partial charge in [-0.25, -0.2) is 0 Å². The van der Waals surface area contributed by atoms with Crippen LogP contribution >= 0.6 is 15.9 Å². The van der Waals surface area contributed by atoms with Crippen LogP contribution in [0.1, 0.15) is 25.3 Å². The molecule has 0 saturated heterocycles. The molecule has 2 nitrogen and oxygen atoms in total. The summed E-state index contributed by atoms with van der Waals surface area (Å²) in [5, 5.41) is 4.60. The number of methoxy groups -OCH3 is 1. The summed E-state index contributed by atoms with van der Waals surface area (Å²) >= 11 is 3.48. The average molecular weight is 286 g/mol. The van der Waals surface area contributed by atoms with E-state index in [1.54, 1.807) is 7.11 Å². The fourth-order valence-electron chi connectivity index (χ4n) is 1.63. The Morgan fingerprint density at radius 3 is 2.88 bits per heavy atom. The molecule has 0 aliphatic rings. The second-order valence-corrected chi connectivity index (χ2v) is 4.61. The van der Waals surface area contributed by atoms with Crippen molar-refractivity contribution in [3.63, 3.8) is 0 Å². The quantitative estimate of drug-likeness (QED) is 0.776. The number of ether oxygens (including phenoxy) is 1. The van der Waals surface area contributed by atoms with Crippen LogP contribution in [0.15, 0.2) is 24.3 Å². The van der Waals surface area contributed by atoms with Crippen molar-refractivity contribution in [1.29, 1.82) is 0 Å². The van der Waals surface area contributed by atoms with E-state index in [2.05, 4.69) is 40.3 Å². The number of benzene rings is 1. The maximum Gasteiger partial charge on any atom is 0.119 e. The number of halogens is 1. The Morgan fingerprint density at radius 2 is 2.25 bits per heavy atom. The molecule has 0 amide bonds. The number of hydrogen-bond donors (Lipinski definition) is 1. The monoisotopic (exact) mass is 285 g/mol. The predicted molar refractivity (Wildman–Crippen MR) is 72.3 cm³/mol. The first-order chi connectivity index (χ1) is 7.80. The Balaban J connectivity index is 2.46. The van der Waals surface area contributed by atoms with Crippen molar-refractivity contribution in [1.82, 2.24) is 5.32 Å². The third-order valence-electron chi connectivity index (χ3n) is 2.68. The van der Waals surface area contributed by atoms with Crippen molar-refractivity contribution in [2.75, 3.05) is 12.4 Å².